The molecule has 0 spiro atoms. The largest absolute Gasteiger partial charge is 0.394 e. The molecule has 1 saturated carbocycles. The fourth-order valence-electron chi connectivity index (χ4n) is 2.41. The predicted molar refractivity (Wildman–Crippen MR) is 68.8 cm³/mol. The van der Waals surface area contributed by atoms with E-state index in [0.717, 1.165) is 25.7 Å². The molecule has 0 saturated heterocycles. The third-order valence-electron chi connectivity index (χ3n) is 3.69. The van der Waals surface area contributed by atoms with Crippen LogP contribution in [0, 0.1) is 11.3 Å². The van der Waals surface area contributed by atoms with Gasteiger partial charge in [0.1, 0.15) is 0 Å². The van der Waals surface area contributed by atoms with Crippen molar-refractivity contribution < 1.29 is 9.90 Å². The number of carbonyl (C=O) groups is 1. The van der Waals surface area contributed by atoms with E-state index in [2.05, 4.69) is 5.32 Å². The molecule has 1 amide bonds. The molecule has 5 heteroatoms. The van der Waals surface area contributed by atoms with Crippen LogP contribution >= 0.6 is 0 Å². The number of amides is 1. The lowest BCUT2D eigenvalue weighted by Crippen LogP contribution is -2.47. The Balaban J connectivity index is 2.24. The van der Waals surface area contributed by atoms with Crippen LogP contribution in [0.25, 0.3) is 0 Å². The van der Waals surface area contributed by atoms with Gasteiger partial charge in [-0.15, -0.1) is 0 Å². The Bertz CT molecular complexity index is 306. The van der Waals surface area contributed by atoms with Crippen LogP contribution in [0.15, 0.2) is 0 Å². The van der Waals surface area contributed by atoms with E-state index in [4.69, 9.17) is 5.26 Å². The first-order valence-corrected chi connectivity index (χ1v) is 6.60. The van der Waals surface area contributed by atoms with Crippen molar-refractivity contribution in [1.29, 1.82) is 5.26 Å². The Morgan fingerprint density at radius 3 is 2.72 bits per heavy atom. The van der Waals surface area contributed by atoms with Crippen LogP contribution in [0.4, 0.5) is 0 Å². The lowest BCUT2D eigenvalue weighted by atomic mass is 9.99. The maximum Gasteiger partial charge on any atom is 0.223 e. The average molecular weight is 253 g/mol. The van der Waals surface area contributed by atoms with Gasteiger partial charge in [-0.05, 0) is 12.8 Å². The summed E-state index contributed by atoms with van der Waals surface area (Å²) in [4.78, 5) is 13.3. The van der Waals surface area contributed by atoms with Gasteiger partial charge in [-0.1, -0.05) is 12.8 Å². The Morgan fingerprint density at radius 1 is 1.50 bits per heavy atom. The highest BCUT2D eigenvalue weighted by Gasteiger charge is 2.32. The van der Waals surface area contributed by atoms with E-state index in [0.29, 0.717) is 25.9 Å². The summed E-state index contributed by atoms with van der Waals surface area (Å²) in [5, 5.41) is 21.2. The highest BCUT2D eigenvalue weighted by Crippen LogP contribution is 2.28. The molecule has 2 N–H and O–H groups in total. The molecule has 0 aromatic rings. The SMILES string of the molecule is CN(CCC#N)C(=O)CCNC1(CO)CCCC1. The quantitative estimate of drug-likeness (QED) is 0.698. The second kappa shape index (κ2) is 7.34. The van der Waals surface area contributed by atoms with Gasteiger partial charge in [0, 0.05) is 32.1 Å². The standard InChI is InChI=1S/C13H23N3O2/c1-16(10-4-8-14)12(18)5-9-15-13(11-17)6-2-3-7-13/h15,17H,2-7,9-11H2,1H3. The number of nitrogens with zero attached hydrogens (tertiary/aromatic N) is 2. The normalized spacial score (nSPS) is 17.4. The Labute approximate surface area is 109 Å². The zero-order chi connectivity index (χ0) is 13.4. The maximum absolute atomic E-state index is 11.7. The second-order valence-corrected chi connectivity index (χ2v) is 5.05. The summed E-state index contributed by atoms with van der Waals surface area (Å²) in [5.41, 5.74) is -0.161. The number of carbonyl (C=O) groups excluding carboxylic acids is 1. The minimum Gasteiger partial charge on any atom is -0.394 e. The Kier molecular flexibility index (Phi) is 6.10. The summed E-state index contributed by atoms with van der Waals surface area (Å²) in [5.74, 6) is 0.0452. The van der Waals surface area contributed by atoms with E-state index in [1.165, 1.54) is 0 Å². The van der Waals surface area contributed by atoms with Crippen LogP contribution in [0.5, 0.6) is 0 Å². The van der Waals surface area contributed by atoms with Crippen LogP contribution in [0.2, 0.25) is 0 Å². The molecule has 0 atom stereocenters. The number of aliphatic hydroxyl groups is 1. The van der Waals surface area contributed by atoms with Crippen LogP contribution in [0.3, 0.4) is 0 Å². The van der Waals surface area contributed by atoms with Crippen molar-refractivity contribution in [3.8, 4) is 6.07 Å². The first-order valence-electron chi connectivity index (χ1n) is 6.60. The van der Waals surface area contributed by atoms with Gasteiger partial charge >= 0.3 is 0 Å². The van der Waals surface area contributed by atoms with E-state index in [9.17, 15) is 9.90 Å². The van der Waals surface area contributed by atoms with Gasteiger partial charge in [-0.25, -0.2) is 0 Å². The highest BCUT2D eigenvalue weighted by atomic mass is 16.3. The van der Waals surface area contributed by atoms with Crippen LogP contribution < -0.4 is 5.32 Å². The van der Waals surface area contributed by atoms with E-state index >= 15 is 0 Å². The summed E-state index contributed by atoms with van der Waals surface area (Å²) in [6, 6.07) is 2.03. The molecule has 1 rings (SSSR count). The van der Waals surface area contributed by atoms with Gasteiger partial charge < -0.3 is 15.3 Å². The Hall–Kier alpha value is -1.12. The van der Waals surface area contributed by atoms with Crippen LogP contribution in [0.1, 0.15) is 38.5 Å². The zero-order valence-corrected chi connectivity index (χ0v) is 11.1. The van der Waals surface area contributed by atoms with Crippen LogP contribution in [-0.4, -0.2) is 48.2 Å². The molecule has 0 aromatic carbocycles. The van der Waals surface area contributed by atoms with Gasteiger partial charge in [0.2, 0.25) is 5.91 Å². The number of rotatable bonds is 7. The molecular formula is C13H23N3O2. The van der Waals surface area contributed by atoms with E-state index < -0.39 is 0 Å². The van der Waals surface area contributed by atoms with Crippen molar-refractivity contribution in [1.82, 2.24) is 10.2 Å². The topological polar surface area (TPSA) is 76.4 Å². The van der Waals surface area contributed by atoms with Gasteiger partial charge in [-0.3, -0.25) is 4.79 Å². The predicted octanol–water partition coefficient (Wildman–Crippen LogP) is 0.643. The summed E-state index contributed by atoms with van der Waals surface area (Å²) in [7, 11) is 1.72. The maximum atomic E-state index is 11.7. The van der Waals surface area contributed by atoms with Gasteiger partial charge in [0.15, 0.2) is 0 Å². The monoisotopic (exact) mass is 253 g/mol. The molecule has 0 radical (unpaired) electrons. The van der Waals surface area contributed by atoms with Crippen molar-refractivity contribution >= 4 is 5.91 Å². The second-order valence-electron chi connectivity index (χ2n) is 5.05. The number of hydrogen-bond donors (Lipinski definition) is 2. The molecule has 5 nitrogen and oxygen atoms in total. The van der Waals surface area contributed by atoms with Crippen molar-refractivity contribution in [2.75, 3.05) is 26.7 Å². The number of nitriles is 1. The molecule has 0 heterocycles. The molecule has 0 bridgehead atoms. The molecule has 1 aliphatic carbocycles. The van der Waals surface area contributed by atoms with Gasteiger partial charge in [-0.2, -0.15) is 5.26 Å². The average Bonchev–Trinajstić information content (AvgIpc) is 2.85. The molecule has 0 aromatic heterocycles. The van der Waals surface area contributed by atoms with Crippen molar-refractivity contribution in [3.05, 3.63) is 0 Å². The van der Waals surface area contributed by atoms with E-state index in [1.807, 2.05) is 6.07 Å². The van der Waals surface area contributed by atoms with Crippen molar-refractivity contribution in [2.45, 2.75) is 44.1 Å². The zero-order valence-electron chi connectivity index (χ0n) is 11.1. The molecule has 18 heavy (non-hydrogen) atoms. The third kappa shape index (κ3) is 4.28. The fraction of sp³-hybridized carbons (Fsp3) is 0.846. The smallest absolute Gasteiger partial charge is 0.223 e. The van der Waals surface area contributed by atoms with Crippen molar-refractivity contribution in [3.63, 3.8) is 0 Å². The number of hydrogen-bond acceptors (Lipinski definition) is 4. The fourth-order valence-corrected chi connectivity index (χ4v) is 2.41. The van der Waals surface area contributed by atoms with Gasteiger partial charge in [0.25, 0.3) is 0 Å². The lowest BCUT2D eigenvalue weighted by molar-refractivity contribution is -0.129. The lowest BCUT2D eigenvalue weighted by Gasteiger charge is -2.28. The summed E-state index contributed by atoms with van der Waals surface area (Å²) in [6.45, 7) is 1.22. The van der Waals surface area contributed by atoms with E-state index in [1.54, 1.807) is 11.9 Å². The summed E-state index contributed by atoms with van der Waals surface area (Å²) < 4.78 is 0. The minimum atomic E-state index is -0.161. The molecule has 102 valence electrons. The first-order chi connectivity index (χ1) is 8.63. The molecule has 1 fully saturated rings. The van der Waals surface area contributed by atoms with Crippen LogP contribution in [-0.2, 0) is 4.79 Å². The number of aliphatic hydroxyl groups excluding tert-OH is 1. The third-order valence-corrected chi connectivity index (χ3v) is 3.69. The summed E-state index contributed by atoms with van der Waals surface area (Å²) in [6.07, 6.45) is 5.05. The Morgan fingerprint density at radius 2 is 2.17 bits per heavy atom. The molecule has 0 aliphatic heterocycles. The van der Waals surface area contributed by atoms with Crippen molar-refractivity contribution in [2.24, 2.45) is 0 Å². The number of nitrogens with one attached hydrogen (secondary N) is 1. The highest BCUT2D eigenvalue weighted by molar-refractivity contribution is 5.76. The first kappa shape index (κ1) is 14.9. The molecule has 0 unspecified atom stereocenters. The molecule has 1 aliphatic rings. The molecular weight excluding hydrogens is 230 g/mol. The van der Waals surface area contributed by atoms with Gasteiger partial charge in [0.05, 0.1) is 19.1 Å². The summed E-state index contributed by atoms with van der Waals surface area (Å²) >= 11 is 0. The van der Waals surface area contributed by atoms with E-state index in [-0.39, 0.29) is 18.1 Å². The minimum absolute atomic E-state index is 0.0452.